The van der Waals surface area contributed by atoms with Gasteiger partial charge in [0, 0.05) is 29.6 Å². The van der Waals surface area contributed by atoms with Crippen molar-refractivity contribution in [1.29, 1.82) is 0 Å². The lowest BCUT2D eigenvalue weighted by atomic mass is 9.96. The lowest BCUT2D eigenvalue weighted by Crippen LogP contribution is -2.37. The van der Waals surface area contributed by atoms with Gasteiger partial charge in [-0.05, 0) is 79.0 Å². The second kappa shape index (κ2) is 13.6. The zero-order valence-electron chi connectivity index (χ0n) is 25.6. The van der Waals surface area contributed by atoms with Gasteiger partial charge in [0.15, 0.2) is 11.0 Å². The number of anilines is 1. The van der Waals surface area contributed by atoms with Crippen LogP contribution in [-0.2, 0) is 0 Å². The molecule has 1 N–H and O–H groups in total. The number of nitrogens with one attached hydrogen (secondary N) is 1. The first-order valence-electron chi connectivity index (χ1n) is 15.4. The summed E-state index contributed by atoms with van der Waals surface area (Å²) in [5, 5.41) is 8.40. The molecule has 0 bridgehead atoms. The number of para-hydroxylation sites is 1. The normalized spacial score (nSPS) is 19.5. The molecular weight excluding hydrogens is 613 g/mol. The predicted molar refractivity (Wildman–Crippen MR) is 175 cm³/mol. The van der Waals surface area contributed by atoms with Crippen molar-refractivity contribution in [2.24, 2.45) is 4.99 Å². The van der Waals surface area contributed by atoms with Crippen LogP contribution in [0.3, 0.4) is 0 Å². The highest BCUT2D eigenvalue weighted by Gasteiger charge is 2.31. The van der Waals surface area contributed by atoms with Gasteiger partial charge < -0.3 is 15.0 Å². The first-order valence-corrected chi connectivity index (χ1v) is 16.4. The van der Waals surface area contributed by atoms with Gasteiger partial charge in [0.2, 0.25) is 0 Å². The summed E-state index contributed by atoms with van der Waals surface area (Å²) in [5.74, 6) is 1.83. The van der Waals surface area contributed by atoms with E-state index in [1.807, 2.05) is 18.2 Å². The van der Waals surface area contributed by atoms with Crippen LogP contribution in [0.4, 0.5) is 23.7 Å². The molecule has 4 aromatic rings. The van der Waals surface area contributed by atoms with E-state index in [1.54, 1.807) is 11.8 Å². The number of hydrogen-bond acceptors (Lipinski definition) is 5. The van der Waals surface area contributed by atoms with Crippen molar-refractivity contribution < 1.29 is 22.7 Å². The number of rotatable bonds is 7. The monoisotopic (exact) mass is 648 g/mol. The molecule has 46 heavy (non-hydrogen) atoms. The van der Waals surface area contributed by atoms with Crippen molar-refractivity contribution in [2.45, 2.75) is 63.8 Å². The van der Waals surface area contributed by atoms with Gasteiger partial charge in [-0.2, -0.15) is 4.99 Å². The Morgan fingerprint density at radius 3 is 2.54 bits per heavy atom. The quantitative estimate of drug-likeness (QED) is 0.217. The van der Waals surface area contributed by atoms with Crippen LogP contribution in [0.25, 0.3) is 17.1 Å². The average molecular weight is 649 g/mol. The molecule has 3 aromatic carbocycles. The minimum absolute atomic E-state index is 0.0526. The number of carbonyl (C=O) groups is 1. The zero-order chi connectivity index (χ0) is 32.3. The number of halogens is 3. The third kappa shape index (κ3) is 7.55. The minimum atomic E-state index is -4.74. The van der Waals surface area contributed by atoms with Crippen LogP contribution >= 0.6 is 11.8 Å². The molecule has 2 amide bonds. The summed E-state index contributed by atoms with van der Waals surface area (Å²) in [6.45, 7) is 5.20. The van der Waals surface area contributed by atoms with Gasteiger partial charge in [0.1, 0.15) is 12.1 Å². The lowest BCUT2D eigenvalue weighted by Gasteiger charge is -2.32. The number of urea groups is 1. The molecule has 240 valence electrons. The van der Waals surface area contributed by atoms with E-state index in [1.165, 1.54) is 46.4 Å². The molecule has 1 aliphatic carbocycles. The Balaban J connectivity index is 1.06. The molecule has 12 heteroatoms. The van der Waals surface area contributed by atoms with Crippen LogP contribution in [0.15, 0.2) is 84.1 Å². The van der Waals surface area contributed by atoms with Crippen LogP contribution in [0.1, 0.15) is 62.5 Å². The zero-order valence-corrected chi connectivity index (χ0v) is 26.4. The number of benzene rings is 3. The first kappa shape index (κ1) is 31.7. The average Bonchev–Trinajstić information content (AvgIpc) is 3.72. The summed E-state index contributed by atoms with van der Waals surface area (Å²) in [7, 11) is 0. The van der Waals surface area contributed by atoms with Gasteiger partial charge in [0.05, 0.1) is 5.69 Å². The summed E-state index contributed by atoms with van der Waals surface area (Å²) >= 11 is 1.63. The number of carbonyl (C=O) groups excluding carboxylic acids is 1. The molecule has 1 aliphatic heterocycles. The number of thioether (sulfide) groups is 1. The fraction of sp³-hybridized carbons (Fsp3) is 0.353. The smallest absolute Gasteiger partial charge is 0.406 e. The molecule has 2 fully saturated rings. The molecule has 2 aliphatic rings. The third-order valence-corrected chi connectivity index (χ3v) is 9.32. The van der Waals surface area contributed by atoms with Crippen molar-refractivity contribution in [3.63, 3.8) is 0 Å². The molecular formula is C34H35F3N6O2S. The van der Waals surface area contributed by atoms with Gasteiger partial charge in [-0.3, -0.25) is 0 Å². The van der Waals surface area contributed by atoms with E-state index >= 15 is 0 Å². The Morgan fingerprint density at radius 1 is 1.04 bits per heavy atom. The van der Waals surface area contributed by atoms with Gasteiger partial charge in [0.25, 0.3) is 0 Å². The van der Waals surface area contributed by atoms with Crippen molar-refractivity contribution in [3.8, 4) is 22.8 Å². The fourth-order valence-corrected chi connectivity index (χ4v) is 6.98. The molecule has 1 aromatic heterocycles. The summed E-state index contributed by atoms with van der Waals surface area (Å²) < 4.78 is 42.8. The Bertz CT molecular complexity index is 1690. The highest BCUT2D eigenvalue weighted by atomic mass is 32.2. The molecule has 0 radical (unpaired) electrons. The van der Waals surface area contributed by atoms with E-state index in [9.17, 15) is 18.0 Å². The van der Waals surface area contributed by atoms with Gasteiger partial charge in [-0.25, -0.2) is 14.5 Å². The number of alkyl halides is 3. The van der Waals surface area contributed by atoms with E-state index in [0.29, 0.717) is 23.3 Å². The van der Waals surface area contributed by atoms with Crippen molar-refractivity contribution in [1.82, 2.24) is 20.1 Å². The summed E-state index contributed by atoms with van der Waals surface area (Å²) in [6, 6.07) is 21.6. The number of aliphatic imine (C=N–C) groups is 1. The second-order valence-corrected chi connectivity index (χ2v) is 12.9. The number of aromatic nitrogens is 3. The van der Waals surface area contributed by atoms with E-state index in [-0.39, 0.29) is 17.8 Å². The Hall–Kier alpha value is -4.32. The second-order valence-electron chi connectivity index (χ2n) is 11.8. The molecule has 6 rings (SSSR count). The summed E-state index contributed by atoms with van der Waals surface area (Å²) in [5.41, 5.74) is 4.94. The van der Waals surface area contributed by atoms with Crippen LogP contribution in [-0.4, -0.2) is 50.7 Å². The standard InChI is InChI=1S/C34H35F3N6O2S/c1-22(2)29-6-3-4-7-30(29)42-18-5-19-46-33(42)40-32(44)39-26-13-12-25(20-26)23-8-10-24(11-9-23)31-38-21-43(41-31)27-14-16-28(17-15-27)45-34(35,36)37/h3-4,6-11,14-17,21-22,25-26H,5,12-13,18-20H2,1-2H3,(H,39,44)/b40-33-. The Morgan fingerprint density at radius 2 is 1.80 bits per heavy atom. The highest BCUT2D eigenvalue weighted by molar-refractivity contribution is 8.14. The topological polar surface area (TPSA) is 84.6 Å². The number of hydrogen-bond donors (Lipinski definition) is 1. The maximum atomic E-state index is 13.1. The molecule has 1 saturated carbocycles. The van der Waals surface area contributed by atoms with E-state index in [0.717, 1.165) is 54.4 Å². The predicted octanol–water partition coefficient (Wildman–Crippen LogP) is 8.30. The van der Waals surface area contributed by atoms with E-state index < -0.39 is 6.36 Å². The SMILES string of the molecule is CC(C)c1ccccc1N1CCCS/C1=N\C(=O)NC1CCC(c2ccc(-c3ncn(-c4ccc(OC(F)(F)F)cc4)n3)cc2)C1. The minimum Gasteiger partial charge on any atom is -0.406 e. The van der Waals surface area contributed by atoms with Crippen molar-refractivity contribution in [3.05, 3.63) is 90.3 Å². The molecule has 2 unspecified atom stereocenters. The number of amides is 2. The van der Waals surface area contributed by atoms with Crippen LogP contribution < -0.4 is 15.0 Å². The number of ether oxygens (including phenoxy) is 1. The maximum absolute atomic E-state index is 13.1. The van der Waals surface area contributed by atoms with Gasteiger partial charge in [-0.1, -0.05) is 68.1 Å². The van der Waals surface area contributed by atoms with Gasteiger partial charge >= 0.3 is 12.4 Å². The molecule has 8 nitrogen and oxygen atoms in total. The number of nitrogens with zero attached hydrogens (tertiary/aromatic N) is 5. The van der Waals surface area contributed by atoms with Crippen LogP contribution in [0.5, 0.6) is 5.75 Å². The maximum Gasteiger partial charge on any atom is 0.573 e. The highest BCUT2D eigenvalue weighted by Crippen LogP contribution is 2.36. The van der Waals surface area contributed by atoms with Crippen LogP contribution in [0.2, 0.25) is 0 Å². The molecule has 1 saturated heterocycles. The first-order chi connectivity index (χ1) is 22.1. The summed E-state index contributed by atoms with van der Waals surface area (Å²) in [6.07, 6.45) is 0.498. The molecule has 0 spiro atoms. The van der Waals surface area contributed by atoms with Crippen molar-refractivity contribution >= 4 is 28.6 Å². The third-order valence-electron chi connectivity index (χ3n) is 8.26. The Kier molecular flexibility index (Phi) is 9.34. The molecule has 2 atom stereocenters. The van der Waals surface area contributed by atoms with E-state index in [2.05, 4.69) is 74.2 Å². The lowest BCUT2D eigenvalue weighted by molar-refractivity contribution is -0.274. The van der Waals surface area contributed by atoms with Crippen molar-refractivity contribution in [2.75, 3.05) is 17.2 Å². The molecule has 2 heterocycles. The number of amidine groups is 1. The van der Waals surface area contributed by atoms with E-state index in [4.69, 9.17) is 0 Å². The largest absolute Gasteiger partial charge is 0.573 e. The Labute approximate surface area is 270 Å². The van der Waals surface area contributed by atoms with Crippen LogP contribution in [0, 0.1) is 0 Å². The van der Waals surface area contributed by atoms with Gasteiger partial charge in [-0.15, -0.1) is 18.3 Å². The summed E-state index contributed by atoms with van der Waals surface area (Å²) in [4.78, 5) is 24.2. The fourth-order valence-electron chi connectivity index (χ4n) is 6.03.